The standard InChI is InChI=1S/C14H21ClN4O2/c1-3-17-13(20)8-19(4-2)9-14(21)18-12-7-10(15)5-6-11(12)16/h5-7H,3-4,8-9,16H2,1-2H3,(H,17,20)(H,18,21). The number of nitrogens with one attached hydrogen (secondary N) is 2. The summed E-state index contributed by atoms with van der Waals surface area (Å²) in [6, 6.07) is 4.87. The molecule has 0 saturated carbocycles. The smallest absolute Gasteiger partial charge is 0.238 e. The Balaban J connectivity index is 2.58. The predicted octanol–water partition coefficient (Wildman–Crippen LogP) is 1.32. The highest BCUT2D eigenvalue weighted by atomic mass is 35.5. The maximum atomic E-state index is 12.0. The first-order chi connectivity index (χ1) is 9.96. The van der Waals surface area contributed by atoms with Crippen LogP contribution >= 0.6 is 11.6 Å². The van der Waals surface area contributed by atoms with Gasteiger partial charge in [0.15, 0.2) is 0 Å². The summed E-state index contributed by atoms with van der Waals surface area (Å²) in [4.78, 5) is 25.3. The van der Waals surface area contributed by atoms with E-state index in [1.54, 1.807) is 23.1 Å². The van der Waals surface area contributed by atoms with Crippen molar-refractivity contribution in [3.63, 3.8) is 0 Å². The van der Waals surface area contributed by atoms with Crippen LogP contribution in [0.3, 0.4) is 0 Å². The summed E-state index contributed by atoms with van der Waals surface area (Å²) in [6.45, 7) is 5.20. The first kappa shape index (κ1) is 17.3. The number of rotatable bonds is 7. The number of amides is 2. The lowest BCUT2D eigenvalue weighted by Crippen LogP contribution is -2.41. The Labute approximate surface area is 129 Å². The molecule has 0 aliphatic carbocycles. The molecule has 1 rings (SSSR count). The second kappa shape index (κ2) is 8.49. The van der Waals surface area contributed by atoms with Crippen LogP contribution in [0.2, 0.25) is 5.02 Å². The summed E-state index contributed by atoms with van der Waals surface area (Å²) in [7, 11) is 0. The van der Waals surface area contributed by atoms with Crippen molar-refractivity contribution < 1.29 is 9.59 Å². The van der Waals surface area contributed by atoms with E-state index >= 15 is 0 Å². The summed E-state index contributed by atoms with van der Waals surface area (Å²) in [5.74, 6) is -0.343. The molecule has 0 aromatic heterocycles. The molecule has 0 fully saturated rings. The number of nitrogens with zero attached hydrogens (tertiary/aromatic N) is 1. The maximum Gasteiger partial charge on any atom is 0.238 e. The Morgan fingerprint density at radius 3 is 2.52 bits per heavy atom. The molecule has 2 amide bonds. The number of likely N-dealkylation sites (N-methyl/N-ethyl adjacent to an activating group) is 2. The van der Waals surface area contributed by atoms with E-state index in [0.717, 1.165) is 0 Å². The molecule has 0 saturated heterocycles. The molecule has 0 heterocycles. The fourth-order valence-electron chi connectivity index (χ4n) is 1.77. The van der Waals surface area contributed by atoms with Crippen LogP contribution in [0, 0.1) is 0 Å². The second-order valence-corrected chi connectivity index (χ2v) is 4.97. The van der Waals surface area contributed by atoms with E-state index in [2.05, 4.69) is 10.6 Å². The van der Waals surface area contributed by atoms with Crippen LogP contribution in [0.15, 0.2) is 18.2 Å². The van der Waals surface area contributed by atoms with Gasteiger partial charge in [0, 0.05) is 11.6 Å². The minimum atomic E-state index is -0.241. The zero-order valence-corrected chi connectivity index (χ0v) is 13.0. The minimum absolute atomic E-state index is 0.102. The highest BCUT2D eigenvalue weighted by Gasteiger charge is 2.13. The number of halogens is 1. The van der Waals surface area contributed by atoms with Crippen molar-refractivity contribution in [3.05, 3.63) is 23.2 Å². The molecule has 0 aliphatic rings. The first-order valence-electron chi connectivity index (χ1n) is 6.80. The van der Waals surface area contributed by atoms with Gasteiger partial charge < -0.3 is 16.4 Å². The van der Waals surface area contributed by atoms with Crippen LogP contribution in [0.5, 0.6) is 0 Å². The first-order valence-corrected chi connectivity index (χ1v) is 7.18. The molecule has 0 aliphatic heterocycles. The Morgan fingerprint density at radius 1 is 1.24 bits per heavy atom. The normalized spacial score (nSPS) is 10.5. The topological polar surface area (TPSA) is 87.5 Å². The number of carbonyl (C=O) groups is 2. The van der Waals surface area contributed by atoms with Crippen LogP contribution in [0.25, 0.3) is 0 Å². The predicted molar refractivity (Wildman–Crippen MR) is 85.3 cm³/mol. The van der Waals surface area contributed by atoms with E-state index in [4.69, 9.17) is 17.3 Å². The van der Waals surface area contributed by atoms with E-state index in [1.165, 1.54) is 0 Å². The summed E-state index contributed by atoms with van der Waals surface area (Å²) < 4.78 is 0. The summed E-state index contributed by atoms with van der Waals surface area (Å²) in [5, 5.41) is 5.89. The average Bonchev–Trinajstić information content (AvgIpc) is 2.42. The highest BCUT2D eigenvalue weighted by molar-refractivity contribution is 6.31. The van der Waals surface area contributed by atoms with Crippen LogP contribution in [-0.2, 0) is 9.59 Å². The fourth-order valence-corrected chi connectivity index (χ4v) is 1.94. The minimum Gasteiger partial charge on any atom is -0.397 e. The van der Waals surface area contributed by atoms with Crippen molar-refractivity contribution >= 4 is 34.8 Å². The van der Waals surface area contributed by atoms with E-state index < -0.39 is 0 Å². The van der Waals surface area contributed by atoms with Gasteiger partial charge in [-0.3, -0.25) is 14.5 Å². The second-order valence-electron chi connectivity index (χ2n) is 4.54. The molecule has 7 heteroatoms. The van der Waals surface area contributed by atoms with Gasteiger partial charge in [-0.05, 0) is 31.7 Å². The molecule has 116 valence electrons. The lowest BCUT2D eigenvalue weighted by Gasteiger charge is -2.19. The molecule has 0 unspecified atom stereocenters. The number of hydrogen-bond acceptors (Lipinski definition) is 4. The molecule has 0 spiro atoms. The van der Waals surface area contributed by atoms with Crippen LogP contribution < -0.4 is 16.4 Å². The third-order valence-corrected chi connectivity index (χ3v) is 3.08. The number of nitrogen functional groups attached to an aromatic ring is 1. The Hall–Kier alpha value is -1.79. The van der Waals surface area contributed by atoms with Gasteiger partial charge in [-0.15, -0.1) is 0 Å². The van der Waals surface area contributed by atoms with Crippen LogP contribution in [0.1, 0.15) is 13.8 Å². The van der Waals surface area contributed by atoms with Crippen molar-refractivity contribution in [3.8, 4) is 0 Å². The van der Waals surface area contributed by atoms with Crippen molar-refractivity contribution in [1.82, 2.24) is 10.2 Å². The van der Waals surface area contributed by atoms with E-state index in [0.29, 0.717) is 29.5 Å². The third kappa shape index (κ3) is 6.01. The quantitative estimate of drug-likeness (QED) is 0.663. The molecular weight excluding hydrogens is 292 g/mol. The zero-order valence-electron chi connectivity index (χ0n) is 12.3. The van der Waals surface area contributed by atoms with Gasteiger partial charge in [0.25, 0.3) is 0 Å². The number of nitrogens with two attached hydrogens (primary N) is 1. The number of hydrogen-bond donors (Lipinski definition) is 3. The third-order valence-electron chi connectivity index (χ3n) is 2.85. The average molecular weight is 313 g/mol. The van der Waals surface area contributed by atoms with Crippen molar-refractivity contribution in [2.75, 3.05) is 37.2 Å². The highest BCUT2D eigenvalue weighted by Crippen LogP contribution is 2.22. The monoisotopic (exact) mass is 312 g/mol. The number of benzene rings is 1. The number of carbonyl (C=O) groups excluding carboxylic acids is 2. The number of anilines is 2. The summed E-state index contributed by atoms with van der Waals surface area (Å²) in [5.41, 5.74) is 6.69. The summed E-state index contributed by atoms with van der Waals surface area (Å²) >= 11 is 5.87. The Morgan fingerprint density at radius 2 is 1.90 bits per heavy atom. The van der Waals surface area contributed by atoms with Crippen LogP contribution in [-0.4, -0.2) is 42.9 Å². The van der Waals surface area contributed by atoms with E-state index in [1.807, 2.05) is 13.8 Å². The van der Waals surface area contributed by atoms with E-state index in [9.17, 15) is 9.59 Å². The van der Waals surface area contributed by atoms with Gasteiger partial charge in [0.1, 0.15) is 0 Å². The SMILES string of the molecule is CCNC(=O)CN(CC)CC(=O)Nc1cc(Cl)ccc1N. The van der Waals surface area contributed by atoms with Crippen molar-refractivity contribution in [1.29, 1.82) is 0 Å². The molecule has 6 nitrogen and oxygen atoms in total. The zero-order chi connectivity index (χ0) is 15.8. The molecule has 4 N–H and O–H groups in total. The molecule has 0 bridgehead atoms. The fraction of sp³-hybridized carbons (Fsp3) is 0.429. The van der Waals surface area contributed by atoms with Gasteiger partial charge in [-0.2, -0.15) is 0 Å². The van der Waals surface area contributed by atoms with E-state index in [-0.39, 0.29) is 24.9 Å². The van der Waals surface area contributed by atoms with Gasteiger partial charge in [-0.25, -0.2) is 0 Å². The van der Waals surface area contributed by atoms with Gasteiger partial charge >= 0.3 is 0 Å². The molecule has 1 aromatic rings. The van der Waals surface area contributed by atoms with Gasteiger partial charge in [-0.1, -0.05) is 18.5 Å². The van der Waals surface area contributed by atoms with Crippen molar-refractivity contribution in [2.24, 2.45) is 0 Å². The molecule has 1 aromatic carbocycles. The Kier molecular flexibility index (Phi) is 6.98. The molecule has 0 radical (unpaired) electrons. The van der Waals surface area contributed by atoms with Crippen LogP contribution in [0.4, 0.5) is 11.4 Å². The largest absolute Gasteiger partial charge is 0.397 e. The molecule has 0 atom stereocenters. The molecular formula is C14H21ClN4O2. The molecule has 21 heavy (non-hydrogen) atoms. The summed E-state index contributed by atoms with van der Waals surface area (Å²) in [6.07, 6.45) is 0. The lowest BCUT2D eigenvalue weighted by atomic mass is 10.2. The lowest BCUT2D eigenvalue weighted by molar-refractivity contribution is -0.123. The van der Waals surface area contributed by atoms with Gasteiger partial charge in [0.05, 0.1) is 24.5 Å². The van der Waals surface area contributed by atoms with Gasteiger partial charge in [0.2, 0.25) is 11.8 Å². The maximum absolute atomic E-state index is 12.0. The van der Waals surface area contributed by atoms with Crippen molar-refractivity contribution in [2.45, 2.75) is 13.8 Å². The Bertz CT molecular complexity index is 508.